The lowest BCUT2D eigenvalue weighted by Gasteiger charge is -2.26. The molecule has 0 radical (unpaired) electrons. The van der Waals surface area contributed by atoms with Gasteiger partial charge < -0.3 is 14.2 Å². The minimum Gasteiger partial charge on any atom is -0.486 e. The number of carbonyl (C=O) groups is 1. The van der Waals surface area contributed by atoms with Gasteiger partial charge in [0.2, 0.25) is 10.0 Å². The minimum absolute atomic E-state index is 0.122. The van der Waals surface area contributed by atoms with Gasteiger partial charge in [-0.2, -0.15) is 4.72 Å². The van der Waals surface area contributed by atoms with Crippen molar-refractivity contribution in [3.63, 3.8) is 0 Å². The molecular formula is C18H18N2O8S2. The van der Waals surface area contributed by atoms with Crippen LogP contribution in [0.15, 0.2) is 52.3 Å². The van der Waals surface area contributed by atoms with E-state index in [1.807, 2.05) is 0 Å². The van der Waals surface area contributed by atoms with Crippen molar-refractivity contribution in [1.29, 1.82) is 0 Å². The number of hydrogen-bond acceptors (Lipinski definition) is 9. The second-order valence-corrected chi connectivity index (χ2v) is 8.71. The van der Waals surface area contributed by atoms with Gasteiger partial charge in [-0.05, 0) is 30.5 Å². The first-order chi connectivity index (χ1) is 14.3. The van der Waals surface area contributed by atoms with Crippen molar-refractivity contribution in [1.82, 2.24) is 4.72 Å². The highest BCUT2D eigenvalue weighted by Gasteiger charge is 2.24. The lowest BCUT2D eigenvalue weighted by molar-refractivity contribution is -0.387. The van der Waals surface area contributed by atoms with E-state index in [9.17, 15) is 23.3 Å². The summed E-state index contributed by atoms with van der Waals surface area (Å²) in [5, 5.41) is 11.1. The zero-order valence-electron chi connectivity index (χ0n) is 15.8. The number of para-hydroxylation sites is 2. The van der Waals surface area contributed by atoms with E-state index in [4.69, 9.17) is 14.2 Å². The average Bonchev–Trinajstić information content (AvgIpc) is 2.75. The van der Waals surface area contributed by atoms with E-state index < -0.39 is 33.6 Å². The van der Waals surface area contributed by atoms with Crippen LogP contribution in [0.25, 0.3) is 0 Å². The van der Waals surface area contributed by atoms with Gasteiger partial charge in [0.15, 0.2) is 17.6 Å². The summed E-state index contributed by atoms with van der Waals surface area (Å²) in [5.74, 6) is 0.298. The van der Waals surface area contributed by atoms with Crippen molar-refractivity contribution in [3.8, 4) is 11.5 Å². The molecule has 1 unspecified atom stereocenters. The monoisotopic (exact) mass is 454 g/mol. The Kier molecular flexibility index (Phi) is 6.80. The number of hydrogen-bond donors (Lipinski definition) is 1. The molecule has 3 rings (SSSR count). The summed E-state index contributed by atoms with van der Waals surface area (Å²) in [6.45, 7) is -0.575. The van der Waals surface area contributed by atoms with Crippen molar-refractivity contribution in [2.75, 3.05) is 26.0 Å². The molecule has 2 aromatic rings. The summed E-state index contributed by atoms with van der Waals surface area (Å²) in [7, 11) is -4.14. The van der Waals surface area contributed by atoms with E-state index in [0.717, 1.165) is 17.8 Å². The molecule has 160 valence electrons. The van der Waals surface area contributed by atoms with Crippen LogP contribution in [0.4, 0.5) is 5.69 Å². The molecule has 0 amide bonds. The number of thioether (sulfide) groups is 1. The number of rotatable bonds is 8. The quantitative estimate of drug-likeness (QED) is 0.275. The van der Waals surface area contributed by atoms with Crippen LogP contribution in [0.5, 0.6) is 11.5 Å². The summed E-state index contributed by atoms with van der Waals surface area (Å²) >= 11 is 1.12. The highest BCUT2D eigenvalue weighted by molar-refractivity contribution is 7.98. The summed E-state index contributed by atoms with van der Waals surface area (Å²) in [6, 6.07) is 10.6. The molecule has 0 bridgehead atoms. The lowest BCUT2D eigenvalue weighted by atomic mass is 10.3. The number of nitrogens with zero attached hydrogens (tertiary/aromatic N) is 1. The molecule has 0 aliphatic carbocycles. The third-order valence-corrected chi connectivity index (χ3v) is 6.25. The fourth-order valence-electron chi connectivity index (χ4n) is 2.60. The van der Waals surface area contributed by atoms with Crippen molar-refractivity contribution in [2.24, 2.45) is 0 Å². The lowest BCUT2D eigenvalue weighted by Crippen LogP contribution is -2.36. The third-order valence-electron chi connectivity index (χ3n) is 4.06. The second kappa shape index (κ2) is 9.32. The number of esters is 1. The molecular weight excluding hydrogens is 436 g/mol. The summed E-state index contributed by atoms with van der Waals surface area (Å²) in [5.41, 5.74) is -0.331. The van der Waals surface area contributed by atoms with Crippen LogP contribution in [0.2, 0.25) is 0 Å². The molecule has 12 heteroatoms. The van der Waals surface area contributed by atoms with Crippen LogP contribution < -0.4 is 14.2 Å². The van der Waals surface area contributed by atoms with Crippen molar-refractivity contribution >= 4 is 33.4 Å². The van der Waals surface area contributed by atoms with Gasteiger partial charge in [-0.25, -0.2) is 8.42 Å². The number of ether oxygens (including phenoxy) is 3. The SMILES string of the molecule is CSc1ccc(S(=O)(=O)NCC(=O)OCC2COc3ccccc3O2)cc1[N+](=O)[O-]. The first-order valence-electron chi connectivity index (χ1n) is 8.66. The maximum atomic E-state index is 12.4. The smallest absolute Gasteiger partial charge is 0.321 e. The van der Waals surface area contributed by atoms with Crippen LogP contribution in [0.3, 0.4) is 0 Å². The molecule has 0 saturated carbocycles. The van der Waals surface area contributed by atoms with Gasteiger partial charge in [-0.3, -0.25) is 14.9 Å². The number of sulfonamides is 1. The fraction of sp³-hybridized carbons (Fsp3) is 0.278. The van der Waals surface area contributed by atoms with Gasteiger partial charge in [0, 0.05) is 6.07 Å². The molecule has 0 fully saturated rings. The van der Waals surface area contributed by atoms with E-state index in [1.165, 1.54) is 12.1 Å². The van der Waals surface area contributed by atoms with E-state index >= 15 is 0 Å². The Morgan fingerprint density at radius 2 is 2.03 bits per heavy atom. The number of fused-ring (bicyclic) bond motifs is 1. The number of nitrogens with one attached hydrogen (secondary N) is 1. The summed E-state index contributed by atoms with van der Waals surface area (Å²) in [4.78, 5) is 22.4. The Labute approximate surface area is 176 Å². The maximum Gasteiger partial charge on any atom is 0.321 e. The zero-order valence-corrected chi connectivity index (χ0v) is 17.4. The standard InChI is InChI=1S/C18H18N2O8S2/c1-29-17-7-6-13(8-14(17)20(22)23)30(24,25)19-9-18(21)27-11-12-10-26-15-4-2-3-5-16(15)28-12/h2-8,12,19H,9-11H2,1H3. The van der Waals surface area contributed by atoms with Crippen molar-refractivity contribution in [3.05, 3.63) is 52.6 Å². The molecule has 1 aliphatic heterocycles. The van der Waals surface area contributed by atoms with Crippen molar-refractivity contribution < 1.29 is 32.3 Å². The predicted molar refractivity (Wildman–Crippen MR) is 107 cm³/mol. The topological polar surface area (TPSA) is 134 Å². The fourth-order valence-corrected chi connectivity index (χ4v) is 4.13. The van der Waals surface area contributed by atoms with Gasteiger partial charge in [-0.1, -0.05) is 12.1 Å². The van der Waals surface area contributed by atoms with Crippen LogP contribution in [-0.2, 0) is 19.6 Å². The molecule has 0 spiro atoms. The van der Waals surface area contributed by atoms with Gasteiger partial charge >= 0.3 is 5.97 Å². The largest absolute Gasteiger partial charge is 0.486 e. The Morgan fingerprint density at radius 3 is 2.73 bits per heavy atom. The molecule has 1 atom stereocenters. The van der Waals surface area contributed by atoms with Crippen LogP contribution in [0, 0.1) is 10.1 Å². The molecule has 1 aliphatic rings. The highest BCUT2D eigenvalue weighted by atomic mass is 32.2. The Bertz CT molecular complexity index is 1060. The number of nitro benzene ring substituents is 1. The van der Waals surface area contributed by atoms with Gasteiger partial charge in [-0.15, -0.1) is 11.8 Å². The molecule has 2 aromatic carbocycles. The van der Waals surface area contributed by atoms with Crippen LogP contribution in [0.1, 0.15) is 0 Å². The van der Waals surface area contributed by atoms with Crippen LogP contribution >= 0.6 is 11.8 Å². The average molecular weight is 454 g/mol. The van der Waals surface area contributed by atoms with E-state index in [-0.39, 0.29) is 23.8 Å². The normalized spacial score (nSPS) is 15.4. The van der Waals surface area contributed by atoms with E-state index in [1.54, 1.807) is 30.5 Å². The van der Waals surface area contributed by atoms with E-state index in [2.05, 4.69) is 4.72 Å². The van der Waals surface area contributed by atoms with Crippen molar-refractivity contribution in [2.45, 2.75) is 15.9 Å². The summed E-state index contributed by atoms with van der Waals surface area (Å²) in [6.07, 6.45) is 1.12. The first-order valence-corrected chi connectivity index (χ1v) is 11.4. The molecule has 1 N–H and O–H groups in total. The molecule has 30 heavy (non-hydrogen) atoms. The number of carbonyl (C=O) groups excluding carboxylic acids is 1. The second-order valence-electron chi connectivity index (χ2n) is 6.10. The Morgan fingerprint density at radius 1 is 1.30 bits per heavy atom. The molecule has 10 nitrogen and oxygen atoms in total. The van der Waals surface area contributed by atoms with Gasteiger partial charge in [0.25, 0.3) is 5.69 Å². The van der Waals surface area contributed by atoms with Gasteiger partial charge in [0.05, 0.1) is 14.7 Å². The summed E-state index contributed by atoms with van der Waals surface area (Å²) < 4.78 is 43.0. The molecule has 1 heterocycles. The Balaban J connectivity index is 1.54. The number of benzene rings is 2. The molecule has 0 saturated heterocycles. The minimum atomic E-state index is -4.14. The first kappa shape index (κ1) is 21.9. The Hall–Kier alpha value is -2.83. The van der Waals surface area contributed by atoms with E-state index in [0.29, 0.717) is 16.4 Å². The zero-order chi connectivity index (χ0) is 21.7. The van der Waals surface area contributed by atoms with Crippen LogP contribution in [-0.4, -0.2) is 51.4 Å². The van der Waals surface area contributed by atoms with Gasteiger partial charge in [0.1, 0.15) is 19.8 Å². The third kappa shape index (κ3) is 5.20. The maximum absolute atomic E-state index is 12.4. The number of nitro groups is 1. The highest BCUT2D eigenvalue weighted by Crippen LogP contribution is 2.31. The predicted octanol–water partition coefficient (Wildman–Crippen LogP) is 1.98. The molecule has 0 aromatic heterocycles.